The monoisotopic (exact) mass is 497 g/mol. The molecule has 0 atom stereocenters. The Bertz CT molecular complexity index is 1590. The number of fused-ring (bicyclic) bond motifs is 2. The second kappa shape index (κ2) is 10.7. The fraction of sp³-hybridized carbons (Fsp3) is 0.138. The van der Waals surface area contributed by atoms with Gasteiger partial charge in [-0.2, -0.15) is 0 Å². The molecule has 6 nitrogen and oxygen atoms in total. The summed E-state index contributed by atoms with van der Waals surface area (Å²) >= 11 is 1.68. The van der Waals surface area contributed by atoms with Crippen molar-refractivity contribution in [3.05, 3.63) is 101 Å². The SMILES string of the molecule is COc1ccc(-c2cc(SCCCOC(=O)c3cc4ccccc4oc3=O)c3ccccc3n2)cc1. The molecule has 7 heteroatoms. The van der Waals surface area contributed by atoms with Gasteiger partial charge in [0.2, 0.25) is 0 Å². The summed E-state index contributed by atoms with van der Waals surface area (Å²) < 4.78 is 15.9. The van der Waals surface area contributed by atoms with E-state index in [-0.39, 0.29) is 12.2 Å². The van der Waals surface area contributed by atoms with Gasteiger partial charge in [0.15, 0.2) is 0 Å². The molecule has 0 aliphatic rings. The Balaban J connectivity index is 1.25. The highest BCUT2D eigenvalue weighted by atomic mass is 32.2. The summed E-state index contributed by atoms with van der Waals surface area (Å²) in [6.45, 7) is 0.201. The average Bonchev–Trinajstić information content (AvgIpc) is 2.92. The molecule has 180 valence electrons. The predicted molar refractivity (Wildman–Crippen MR) is 142 cm³/mol. The van der Waals surface area contributed by atoms with E-state index in [0.717, 1.165) is 38.6 Å². The number of carbonyl (C=O) groups excluding carboxylic acids is 1. The van der Waals surface area contributed by atoms with Gasteiger partial charge in [0.1, 0.15) is 16.9 Å². The molecule has 0 bridgehead atoms. The molecular formula is C29H23NO5S. The van der Waals surface area contributed by atoms with Crippen molar-refractivity contribution in [1.29, 1.82) is 0 Å². The number of carbonyl (C=O) groups is 1. The molecule has 0 saturated carbocycles. The molecule has 36 heavy (non-hydrogen) atoms. The number of thioether (sulfide) groups is 1. The summed E-state index contributed by atoms with van der Waals surface area (Å²) in [6, 6.07) is 26.5. The lowest BCUT2D eigenvalue weighted by Crippen LogP contribution is -2.17. The van der Waals surface area contributed by atoms with E-state index in [1.54, 1.807) is 37.1 Å². The van der Waals surface area contributed by atoms with Crippen molar-refractivity contribution < 1.29 is 18.7 Å². The highest BCUT2D eigenvalue weighted by Crippen LogP contribution is 2.32. The largest absolute Gasteiger partial charge is 0.497 e. The van der Waals surface area contributed by atoms with Gasteiger partial charge in [-0.1, -0.05) is 36.4 Å². The average molecular weight is 498 g/mol. The number of pyridine rings is 1. The molecule has 0 N–H and O–H groups in total. The van der Waals surface area contributed by atoms with E-state index in [0.29, 0.717) is 17.4 Å². The molecule has 0 saturated heterocycles. The Morgan fingerprint density at radius 1 is 0.972 bits per heavy atom. The summed E-state index contributed by atoms with van der Waals surface area (Å²) in [5.74, 6) is 0.858. The summed E-state index contributed by atoms with van der Waals surface area (Å²) in [7, 11) is 1.64. The number of nitrogens with zero attached hydrogens (tertiary/aromatic N) is 1. The first-order valence-electron chi connectivity index (χ1n) is 11.5. The minimum absolute atomic E-state index is 0.0920. The van der Waals surface area contributed by atoms with Crippen LogP contribution < -0.4 is 10.4 Å². The van der Waals surface area contributed by atoms with Crippen molar-refractivity contribution in [1.82, 2.24) is 4.98 Å². The van der Waals surface area contributed by atoms with Crippen LogP contribution >= 0.6 is 11.8 Å². The minimum atomic E-state index is -0.692. The summed E-state index contributed by atoms with van der Waals surface area (Å²) in [6.07, 6.45) is 0.629. The first-order valence-corrected chi connectivity index (χ1v) is 12.5. The van der Waals surface area contributed by atoms with Gasteiger partial charge in [0.05, 0.1) is 24.9 Å². The van der Waals surface area contributed by atoms with Gasteiger partial charge in [-0.05, 0) is 55.0 Å². The fourth-order valence-corrected chi connectivity index (χ4v) is 4.87. The van der Waals surface area contributed by atoms with Crippen LogP contribution in [0.5, 0.6) is 5.75 Å². The lowest BCUT2D eigenvalue weighted by Gasteiger charge is -2.10. The van der Waals surface area contributed by atoms with Crippen LogP contribution in [-0.4, -0.2) is 30.4 Å². The van der Waals surface area contributed by atoms with Crippen molar-refractivity contribution in [2.75, 3.05) is 19.5 Å². The highest BCUT2D eigenvalue weighted by molar-refractivity contribution is 7.99. The molecule has 0 spiro atoms. The van der Waals surface area contributed by atoms with Crippen LogP contribution in [0.2, 0.25) is 0 Å². The number of rotatable bonds is 8. The first kappa shape index (κ1) is 23.6. The molecule has 3 aromatic carbocycles. The van der Waals surface area contributed by atoms with E-state index >= 15 is 0 Å². The third-order valence-electron chi connectivity index (χ3n) is 5.70. The predicted octanol–water partition coefficient (Wildman–Crippen LogP) is 6.36. The third kappa shape index (κ3) is 5.11. The number of benzene rings is 3. The van der Waals surface area contributed by atoms with E-state index in [4.69, 9.17) is 18.9 Å². The van der Waals surface area contributed by atoms with E-state index in [1.807, 2.05) is 48.5 Å². The van der Waals surface area contributed by atoms with Crippen molar-refractivity contribution in [3.63, 3.8) is 0 Å². The quantitative estimate of drug-likeness (QED) is 0.107. The number of para-hydroxylation sites is 2. The molecule has 0 unspecified atom stereocenters. The second-order valence-electron chi connectivity index (χ2n) is 8.07. The molecule has 2 heterocycles. The number of aromatic nitrogens is 1. The van der Waals surface area contributed by atoms with Crippen LogP contribution in [0.3, 0.4) is 0 Å². The van der Waals surface area contributed by atoms with Gasteiger partial charge in [-0.3, -0.25) is 0 Å². The number of methoxy groups -OCH3 is 1. The Morgan fingerprint density at radius 3 is 2.58 bits per heavy atom. The van der Waals surface area contributed by atoms with Crippen LogP contribution in [0, 0.1) is 0 Å². The van der Waals surface area contributed by atoms with E-state index in [9.17, 15) is 9.59 Å². The van der Waals surface area contributed by atoms with E-state index in [1.165, 1.54) is 6.07 Å². The van der Waals surface area contributed by atoms with E-state index < -0.39 is 11.6 Å². The van der Waals surface area contributed by atoms with Gasteiger partial charge in [0.25, 0.3) is 0 Å². The summed E-state index contributed by atoms with van der Waals surface area (Å²) in [4.78, 5) is 30.6. The van der Waals surface area contributed by atoms with Crippen LogP contribution in [0.25, 0.3) is 33.1 Å². The number of hydrogen-bond acceptors (Lipinski definition) is 7. The highest BCUT2D eigenvalue weighted by Gasteiger charge is 2.15. The normalized spacial score (nSPS) is 11.0. The molecule has 2 aromatic heterocycles. The van der Waals surface area contributed by atoms with Crippen molar-refractivity contribution in [2.45, 2.75) is 11.3 Å². The lowest BCUT2D eigenvalue weighted by atomic mass is 10.1. The van der Waals surface area contributed by atoms with Gasteiger partial charge in [-0.25, -0.2) is 14.6 Å². The first-order chi connectivity index (χ1) is 17.6. The maximum absolute atomic E-state index is 12.5. The number of ether oxygens (including phenoxy) is 2. The zero-order valence-corrected chi connectivity index (χ0v) is 20.4. The zero-order valence-electron chi connectivity index (χ0n) is 19.6. The van der Waals surface area contributed by atoms with Crippen LogP contribution in [0.15, 0.2) is 99.0 Å². The maximum atomic E-state index is 12.5. The Kier molecular flexibility index (Phi) is 7.00. The van der Waals surface area contributed by atoms with Crippen LogP contribution in [0.1, 0.15) is 16.8 Å². The molecular weight excluding hydrogens is 474 g/mol. The Hall–Kier alpha value is -4.10. The third-order valence-corrected chi connectivity index (χ3v) is 6.85. The minimum Gasteiger partial charge on any atom is -0.497 e. The van der Waals surface area contributed by atoms with Crippen molar-refractivity contribution in [3.8, 4) is 17.0 Å². The molecule has 5 rings (SSSR count). The standard InChI is InChI=1S/C29H23NO5S/c1-33-21-13-11-19(12-14-21)25-18-27(22-8-3-4-9-24(22)30-25)36-16-6-15-34-28(31)23-17-20-7-2-5-10-26(20)35-29(23)32/h2-5,7-14,17-18H,6,15-16H2,1H3. The van der Waals surface area contributed by atoms with Gasteiger partial charge in [-0.15, -0.1) is 11.8 Å². The zero-order chi connectivity index (χ0) is 24.9. The second-order valence-corrected chi connectivity index (χ2v) is 9.21. The topological polar surface area (TPSA) is 78.6 Å². The lowest BCUT2D eigenvalue weighted by molar-refractivity contribution is 0.0501. The number of hydrogen-bond donors (Lipinski definition) is 0. The van der Waals surface area contributed by atoms with Crippen molar-refractivity contribution in [2.24, 2.45) is 0 Å². The molecule has 0 aliphatic carbocycles. The molecule has 0 aliphatic heterocycles. The summed E-state index contributed by atoms with van der Waals surface area (Å²) in [5, 5.41) is 1.75. The summed E-state index contributed by atoms with van der Waals surface area (Å²) in [5.41, 5.74) is 2.46. The van der Waals surface area contributed by atoms with Crippen LogP contribution in [0.4, 0.5) is 0 Å². The van der Waals surface area contributed by atoms with Gasteiger partial charge >= 0.3 is 11.6 Å². The van der Waals surface area contributed by atoms with E-state index in [2.05, 4.69) is 12.1 Å². The van der Waals surface area contributed by atoms with Gasteiger partial charge < -0.3 is 13.9 Å². The molecule has 0 fully saturated rings. The molecule has 0 radical (unpaired) electrons. The molecule has 0 amide bonds. The van der Waals surface area contributed by atoms with Gasteiger partial charge in [0, 0.05) is 27.0 Å². The maximum Gasteiger partial charge on any atom is 0.351 e. The van der Waals surface area contributed by atoms with Crippen molar-refractivity contribution >= 4 is 39.6 Å². The Morgan fingerprint density at radius 2 is 1.75 bits per heavy atom. The molecule has 5 aromatic rings. The smallest absolute Gasteiger partial charge is 0.351 e. The Labute approximate surface area is 211 Å². The fourth-order valence-electron chi connectivity index (χ4n) is 3.86. The number of esters is 1. The van der Waals surface area contributed by atoms with Crippen LogP contribution in [-0.2, 0) is 4.74 Å².